The molecule has 1 aliphatic heterocycles. The summed E-state index contributed by atoms with van der Waals surface area (Å²) in [5.74, 6) is 1.00. The van der Waals surface area contributed by atoms with Gasteiger partial charge in [-0.25, -0.2) is 0 Å². The summed E-state index contributed by atoms with van der Waals surface area (Å²) in [7, 11) is 0. The lowest BCUT2D eigenvalue weighted by Crippen LogP contribution is -2.23. The molecule has 1 atom stereocenters. The van der Waals surface area contributed by atoms with E-state index in [-0.39, 0.29) is 0 Å². The van der Waals surface area contributed by atoms with Gasteiger partial charge in [-0.15, -0.1) is 11.3 Å². The van der Waals surface area contributed by atoms with Crippen LogP contribution in [0.1, 0.15) is 25.3 Å². The van der Waals surface area contributed by atoms with E-state index in [1.54, 1.807) is 11.3 Å². The smallest absolute Gasteiger partial charge is 0.195 e. The third-order valence-electron chi connectivity index (χ3n) is 4.07. The molecule has 1 saturated carbocycles. The number of nitrogens with one attached hydrogen (secondary N) is 1. The molecule has 2 aromatic rings. The van der Waals surface area contributed by atoms with E-state index in [9.17, 15) is 0 Å². The zero-order chi connectivity index (χ0) is 12.8. The Balaban J connectivity index is 1.67. The molecular formula is C13H16N4S2. The van der Waals surface area contributed by atoms with Crippen molar-refractivity contribution in [3.05, 3.63) is 22.3 Å². The van der Waals surface area contributed by atoms with Crippen LogP contribution in [-0.4, -0.2) is 38.8 Å². The number of aromatic amines is 1. The maximum atomic E-state index is 5.43. The summed E-state index contributed by atoms with van der Waals surface area (Å²) in [6.07, 6.45) is 3.94. The number of hydrogen-bond donors (Lipinski definition) is 1. The molecule has 6 heteroatoms. The zero-order valence-electron chi connectivity index (χ0n) is 10.6. The molecule has 1 aliphatic carbocycles. The average molecular weight is 292 g/mol. The first-order valence-corrected chi connectivity index (χ1v) is 8.06. The lowest BCUT2D eigenvalue weighted by Gasteiger charge is -2.16. The van der Waals surface area contributed by atoms with Crippen LogP contribution in [0, 0.1) is 4.77 Å². The van der Waals surface area contributed by atoms with Gasteiger partial charge in [-0.05, 0) is 42.9 Å². The van der Waals surface area contributed by atoms with Gasteiger partial charge >= 0.3 is 0 Å². The van der Waals surface area contributed by atoms with Crippen molar-refractivity contribution in [3.63, 3.8) is 0 Å². The van der Waals surface area contributed by atoms with Crippen LogP contribution in [0.25, 0.3) is 10.7 Å². The van der Waals surface area contributed by atoms with Gasteiger partial charge in [-0.2, -0.15) is 5.10 Å². The summed E-state index contributed by atoms with van der Waals surface area (Å²) < 4.78 is 2.98. The minimum absolute atomic E-state index is 0.476. The summed E-state index contributed by atoms with van der Waals surface area (Å²) in [6.45, 7) is 2.32. The number of rotatable bonds is 3. The third-order valence-corrected chi connectivity index (χ3v) is 5.22. The Labute approximate surface area is 121 Å². The van der Waals surface area contributed by atoms with Gasteiger partial charge in [0.15, 0.2) is 10.6 Å². The Bertz CT molecular complexity index is 623. The van der Waals surface area contributed by atoms with Gasteiger partial charge in [-0.1, -0.05) is 6.07 Å². The van der Waals surface area contributed by atoms with Crippen molar-refractivity contribution in [2.75, 3.05) is 13.1 Å². The Morgan fingerprint density at radius 3 is 2.95 bits per heavy atom. The van der Waals surface area contributed by atoms with Gasteiger partial charge in [0.05, 0.1) is 10.9 Å². The first kappa shape index (κ1) is 11.8. The molecule has 0 amide bonds. The van der Waals surface area contributed by atoms with Crippen LogP contribution in [0.4, 0.5) is 0 Å². The fourth-order valence-corrected chi connectivity index (χ4v) is 3.96. The fraction of sp³-hybridized carbons (Fsp3) is 0.538. The molecule has 19 heavy (non-hydrogen) atoms. The molecule has 2 aliphatic rings. The predicted octanol–water partition coefficient (Wildman–Crippen LogP) is 3.08. The van der Waals surface area contributed by atoms with Crippen molar-refractivity contribution in [1.82, 2.24) is 19.7 Å². The number of H-pyrrole nitrogens is 1. The van der Waals surface area contributed by atoms with Gasteiger partial charge in [0.2, 0.25) is 0 Å². The van der Waals surface area contributed by atoms with E-state index in [4.69, 9.17) is 12.2 Å². The number of likely N-dealkylation sites (tertiary alicyclic amines) is 1. The molecule has 100 valence electrons. The van der Waals surface area contributed by atoms with Crippen LogP contribution in [-0.2, 0) is 0 Å². The van der Waals surface area contributed by atoms with Crippen molar-refractivity contribution in [2.24, 2.45) is 0 Å². The molecule has 3 heterocycles. The molecule has 0 bridgehead atoms. The summed E-state index contributed by atoms with van der Waals surface area (Å²) in [5, 5.41) is 9.48. The third kappa shape index (κ3) is 2.07. The summed E-state index contributed by atoms with van der Waals surface area (Å²) in [4.78, 5) is 3.80. The number of aromatic nitrogens is 3. The van der Waals surface area contributed by atoms with Crippen LogP contribution in [0.3, 0.4) is 0 Å². The number of thiophene rings is 1. The second-order valence-corrected chi connectivity index (χ2v) is 6.70. The molecule has 0 radical (unpaired) electrons. The zero-order valence-corrected chi connectivity index (χ0v) is 12.2. The van der Waals surface area contributed by atoms with E-state index in [1.807, 2.05) is 0 Å². The highest BCUT2D eigenvalue weighted by Crippen LogP contribution is 2.35. The van der Waals surface area contributed by atoms with E-state index in [1.165, 1.54) is 30.7 Å². The molecule has 1 unspecified atom stereocenters. The van der Waals surface area contributed by atoms with Gasteiger partial charge in [-0.3, -0.25) is 14.6 Å². The van der Waals surface area contributed by atoms with Crippen LogP contribution in [0.2, 0.25) is 0 Å². The molecule has 1 N–H and O–H groups in total. The van der Waals surface area contributed by atoms with Crippen molar-refractivity contribution in [3.8, 4) is 10.7 Å². The SMILES string of the molecule is S=c1[nH]nc(-c2cccs2)n1C1CCN(C2CC2)C1. The highest BCUT2D eigenvalue weighted by atomic mass is 32.1. The molecule has 0 spiro atoms. The van der Waals surface area contributed by atoms with Crippen molar-refractivity contribution in [1.29, 1.82) is 0 Å². The number of hydrogen-bond acceptors (Lipinski definition) is 4. The standard InChI is InChI=1S/C13H16N4S2/c18-13-15-14-12(11-2-1-7-19-11)17(13)10-5-6-16(8-10)9-3-4-9/h1-2,7,9-10H,3-6,8H2,(H,15,18). The largest absolute Gasteiger partial charge is 0.298 e. The normalized spacial score (nSPS) is 24.1. The topological polar surface area (TPSA) is 36.9 Å². The average Bonchev–Trinajstić information content (AvgIpc) is 2.85. The Kier molecular flexibility index (Phi) is 2.82. The molecule has 2 fully saturated rings. The first-order chi connectivity index (χ1) is 9.33. The molecule has 1 saturated heterocycles. The van der Waals surface area contributed by atoms with E-state index >= 15 is 0 Å². The van der Waals surface area contributed by atoms with Crippen LogP contribution < -0.4 is 0 Å². The van der Waals surface area contributed by atoms with E-state index in [0.29, 0.717) is 6.04 Å². The lowest BCUT2D eigenvalue weighted by atomic mass is 10.2. The molecule has 4 rings (SSSR count). The highest BCUT2D eigenvalue weighted by molar-refractivity contribution is 7.71. The minimum Gasteiger partial charge on any atom is -0.298 e. The van der Waals surface area contributed by atoms with Gasteiger partial charge < -0.3 is 0 Å². The Morgan fingerprint density at radius 1 is 1.32 bits per heavy atom. The first-order valence-electron chi connectivity index (χ1n) is 6.78. The quantitative estimate of drug-likeness (QED) is 0.883. The van der Waals surface area contributed by atoms with Crippen molar-refractivity contribution >= 4 is 23.6 Å². The Hall–Kier alpha value is -0.980. The second kappa shape index (κ2) is 4.54. The summed E-state index contributed by atoms with van der Waals surface area (Å²) >= 11 is 7.15. The maximum Gasteiger partial charge on any atom is 0.195 e. The molecule has 4 nitrogen and oxygen atoms in total. The van der Waals surface area contributed by atoms with Crippen molar-refractivity contribution in [2.45, 2.75) is 31.3 Å². The monoisotopic (exact) mass is 292 g/mol. The Morgan fingerprint density at radius 2 is 2.21 bits per heavy atom. The summed E-state index contributed by atoms with van der Waals surface area (Å²) in [6, 6.07) is 5.49. The fourth-order valence-electron chi connectivity index (χ4n) is 2.97. The minimum atomic E-state index is 0.476. The van der Waals surface area contributed by atoms with E-state index in [0.717, 1.165) is 23.2 Å². The van der Waals surface area contributed by atoms with Crippen molar-refractivity contribution < 1.29 is 0 Å². The van der Waals surface area contributed by atoms with Crippen LogP contribution in [0.15, 0.2) is 17.5 Å². The second-order valence-electron chi connectivity index (χ2n) is 5.37. The van der Waals surface area contributed by atoms with E-state index < -0.39 is 0 Å². The molecule has 2 aromatic heterocycles. The van der Waals surface area contributed by atoms with Gasteiger partial charge in [0, 0.05) is 19.1 Å². The molecule has 0 aromatic carbocycles. The van der Waals surface area contributed by atoms with E-state index in [2.05, 4.69) is 37.2 Å². The van der Waals surface area contributed by atoms with Gasteiger partial charge in [0.25, 0.3) is 0 Å². The number of nitrogens with zero attached hydrogens (tertiary/aromatic N) is 3. The molecular weight excluding hydrogens is 276 g/mol. The lowest BCUT2D eigenvalue weighted by molar-refractivity contribution is 0.313. The van der Waals surface area contributed by atoms with Crippen LogP contribution in [0.5, 0.6) is 0 Å². The highest BCUT2D eigenvalue weighted by Gasteiger charge is 2.36. The summed E-state index contributed by atoms with van der Waals surface area (Å²) in [5.41, 5.74) is 0. The predicted molar refractivity (Wildman–Crippen MR) is 79.0 cm³/mol. The van der Waals surface area contributed by atoms with Crippen LogP contribution >= 0.6 is 23.6 Å². The van der Waals surface area contributed by atoms with Gasteiger partial charge in [0.1, 0.15) is 0 Å². The maximum absolute atomic E-state index is 5.43.